The molecule has 0 saturated heterocycles. The van der Waals surface area contributed by atoms with Crippen LogP contribution in [-0.4, -0.2) is 24.5 Å². The second-order valence-electron chi connectivity index (χ2n) is 3.42. The summed E-state index contributed by atoms with van der Waals surface area (Å²) in [6.45, 7) is 2.70. The highest BCUT2D eigenvalue weighted by molar-refractivity contribution is 6.16. The molecule has 2 aromatic rings. The van der Waals surface area contributed by atoms with Gasteiger partial charge in [-0.1, -0.05) is 0 Å². The first kappa shape index (κ1) is 10.2. The first-order chi connectivity index (χ1) is 7.20. The van der Waals surface area contributed by atoms with Crippen molar-refractivity contribution in [1.82, 2.24) is 24.5 Å². The van der Waals surface area contributed by atoms with E-state index in [1.807, 2.05) is 24.7 Å². The Bertz CT molecular complexity index is 459. The maximum atomic E-state index is 5.74. The van der Waals surface area contributed by atoms with Gasteiger partial charge in [0.05, 0.1) is 18.1 Å². The van der Waals surface area contributed by atoms with Crippen LogP contribution in [0.5, 0.6) is 0 Å². The van der Waals surface area contributed by atoms with Crippen molar-refractivity contribution in [3.8, 4) is 0 Å². The van der Waals surface area contributed by atoms with Crippen LogP contribution in [0, 0.1) is 6.92 Å². The van der Waals surface area contributed by atoms with E-state index in [9.17, 15) is 0 Å². The Labute approximate surface area is 92.7 Å². The summed E-state index contributed by atoms with van der Waals surface area (Å²) in [4.78, 5) is 0. The van der Waals surface area contributed by atoms with Crippen molar-refractivity contribution in [2.24, 2.45) is 7.05 Å². The zero-order chi connectivity index (χ0) is 10.8. The van der Waals surface area contributed by atoms with Gasteiger partial charge in [-0.05, 0) is 6.92 Å². The summed E-state index contributed by atoms with van der Waals surface area (Å²) in [7, 11) is 1.91. The monoisotopic (exact) mass is 225 g/mol. The molecule has 0 atom stereocenters. The summed E-state index contributed by atoms with van der Waals surface area (Å²) in [5.41, 5.74) is 2.18. The molecule has 80 valence electrons. The van der Waals surface area contributed by atoms with Gasteiger partial charge in [0.1, 0.15) is 12.2 Å². The van der Waals surface area contributed by atoms with Gasteiger partial charge in [0.2, 0.25) is 0 Å². The van der Waals surface area contributed by atoms with E-state index in [-0.39, 0.29) is 0 Å². The van der Waals surface area contributed by atoms with Gasteiger partial charge >= 0.3 is 0 Å². The number of aryl methyl sites for hydroxylation is 2. The molecule has 0 aliphatic heterocycles. The Morgan fingerprint density at radius 3 is 2.87 bits per heavy atom. The van der Waals surface area contributed by atoms with E-state index in [2.05, 4.69) is 15.3 Å². The number of alkyl halides is 1. The molecule has 5 nitrogen and oxygen atoms in total. The normalized spacial score (nSPS) is 10.9. The molecule has 0 spiro atoms. The smallest absolute Gasteiger partial charge is 0.148 e. The van der Waals surface area contributed by atoms with Crippen molar-refractivity contribution in [3.63, 3.8) is 0 Å². The van der Waals surface area contributed by atoms with Crippen molar-refractivity contribution in [2.45, 2.75) is 19.3 Å². The summed E-state index contributed by atoms with van der Waals surface area (Å²) in [5.74, 6) is 1.15. The van der Waals surface area contributed by atoms with Gasteiger partial charge in [-0.15, -0.1) is 21.8 Å². The fraction of sp³-hybridized carbons (Fsp3) is 0.444. The van der Waals surface area contributed by atoms with Gasteiger partial charge < -0.3 is 4.57 Å². The van der Waals surface area contributed by atoms with Gasteiger partial charge in [0.15, 0.2) is 0 Å². The summed E-state index contributed by atoms with van der Waals surface area (Å²) >= 11 is 5.74. The van der Waals surface area contributed by atoms with E-state index in [0.29, 0.717) is 12.4 Å². The van der Waals surface area contributed by atoms with Crippen LogP contribution >= 0.6 is 11.6 Å². The zero-order valence-corrected chi connectivity index (χ0v) is 9.44. The van der Waals surface area contributed by atoms with Crippen molar-refractivity contribution < 1.29 is 0 Å². The lowest BCUT2D eigenvalue weighted by Crippen LogP contribution is -2.03. The van der Waals surface area contributed by atoms with E-state index in [1.54, 1.807) is 11.0 Å². The minimum absolute atomic E-state index is 0.374. The lowest BCUT2D eigenvalue weighted by Gasteiger charge is -2.02. The first-order valence-corrected chi connectivity index (χ1v) is 5.16. The average Bonchev–Trinajstić information content (AvgIpc) is 2.74. The molecule has 15 heavy (non-hydrogen) atoms. The molecule has 0 fully saturated rings. The molecule has 0 aliphatic carbocycles. The summed E-state index contributed by atoms with van der Waals surface area (Å²) < 4.78 is 3.73. The molecule has 0 unspecified atom stereocenters. The third-order valence-corrected chi connectivity index (χ3v) is 2.51. The predicted octanol–water partition coefficient (Wildman–Crippen LogP) is 1.11. The Hall–Kier alpha value is -1.36. The maximum Gasteiger partial charge on any atom is 0.148 e. The van der Waals surface area contributed by atoms with Crippen LogP contribution in [0.15, 0.2) is 12.5 Å². The lowest BCUT2D eigenvalue weighted by molar-refractivity contribution is 0.746. The van der Waals surface area contributed by atoms with Crippen LogP contribution < -0.4 is 0 Å². The van der Waals surface area contributed by atoms with Crippen LogP contribution in [0.25, 0.3) is 0 Å². The van der Waals surface area contributed by atoms with E-state index < -0.39 is 0 Å². The largest absolute Gasteiger partial charge is 0.312 e. The van der Waals surface area contributed by atoms with Gasteiger partial charge in [-0.25, -0.2) is 0 Å². The molecule has 2 rings (SSSR count). The lowest BCUT2D eigenvalue weighted by atomic mass is 10.2. The molecule has 2 aromatic heterocycles. The van der Waals surface area contributed by atoms with E-state index in [0.717, 1.165) is 17.1 Å². The van der Waals surface area contributed by atoms with Crippen LogP contribution in [0.3, 0.4) is 0 Å². The standard InChI is InChI=1S/C9H12ClN5/c1-7-8(4-14(2)13-7)5-15-6-11-12-9(15)3-10/h4,6H,3,5H2,1-2H3. The Morgan fingerprint density at radius 2 is 2.27 bits per heavy atom. The van der Waals surface area contributed by atoms with Gasteiger partial charge in [-0.3, -0.25) is 4.68 Å². The first-order valence-electron chi connectivity index (χ1n) is 4.62. The summed E-state index contributed by atoms with van der Waals surface area (Å²) in [5, 5.41) is 12.0. The van der Waals surface area contributed by atoms with E-state index >= 15 is 0 Å². The maximum absolute atomic E-state index is 5.74. The number of halogens is 1. The van der Waals surface area contributed by atoms with Crippen LogP contribution in [0.4, 0.5) is 0 Å². The van der Waals surface area contributed by atoms with Crippen molar-refractivity contribution >= 4 is 11.6 Å². The fourth-order valence-electron chi connectivity index (χ4n) is 1.50. The molecule has 0 aliphatic rings. The van der Waals surface area contributed by atoms with Crippen LogP contribution in [0.1, 0.15) is 17.1 Å². The molecular weight excluding hydrogens is 214 g/mol. The molecule has 0 aromatic carbocycles. The van der Waals surface area contributed by atoms with Crippen molar-refractivity contribution in [3.05, 3.63) is 29.6 Å². The van der Waals surface area contributed by atoms with E-state index in [1.165, 1.54) is 0 Å². The number of nitrogens with zero attached hydrogens (tertiary/aromatic N) is 5. The minimum Gasteiger partial charge on any atom is -0.312 e. The highest BCUT2D eigenvalue weighted by Crippen LogP contribution is 2.09. The SMILES string of the molecule is Cc1nn(C)cc1Cn1cnnc1CCl. The van der Waals surface area contributed by atoms with E-state index in [4.69, 9.17) is 11.6 Å². The number of hydrogen-bond donors (Lipinski definition) is 0. The van der Waals surface area contributed by atoms with Gasteiger partial charge in [0.25, 0.3) is 0 Å². The minimum atomic E-state index is 0.374. The Morgan fingerprint density at radius 1 is 1.47 bits per heavy atom. The molecular formula is C9H12ClN5. The average molecular weight is 226 g/mol. The highest BCUT2D eigenvalue weighted by atomic mass is 35.5. The van der Waals surface area contributed by atoms with Gasteiger partial charge in [-0.2, -0.15) is 5.10 Å². The number of aromatic nitrogens is 5. The molecule has 0 amide bonds. The topological polar surface area (TPSA) is 48.5 Å². The molecule has 0 saturated carbocycles. The molecule has 0 N–H and O–H groups in total. The van der Waals surface area contributed by atoms with Crippen LogP contribution in [-0.2, 0) is 19.5 Å². The Kier molecular flexibility index (Phi) is 2.73. The molecule has 0 radical (unpaired) electrons. The summed E-state index contributed by atoms with van der Waals surface area (Å²) in [6.07, 6.45) is 3.68. The second-order valence-corrected chi connectivity index (χ2v) is 3.69. The Balaban J connectivity index is 2.25. The third-order valence-electron chi connectivity index (χ3n) is 2.27. The number of rotatable bonds is 3. The van der Waals surface area contributed by atoms with Crippen LogP contribution in [0.2, 0.25) is 0 Å². The fourth-order valence-corrected chi connectivity index (χ4v) is 1.71. The zero-order valence-electron chi connectivity index (χ0n) is 8.68. The van der Waals surface area contributed by atoms with Crippen molar-refractivity contribution in [1.29, 1.82) is 0 Å². The predicted molar refractivity (Wildman–Crippen MR) is 56.6 cm³/mol. The van der Waals surface area contributed by atoms with Gasteiger partial charge in [0, 0.05) is 18.8 Å². The molecule has 2 heterocycles. The quantitative estimate of drug-likeness (QED) is 0.736. The third kappa shape index (κ3) is 2.02. The highest BCUT2D eigenvalue weighted by Gasteiger charge is 2.07. The summed E-state index contributed by atoms with van der Waals surface area (Å²) in [6, 6.07) is 0. The molecule has 0 bridgehead atoms. The molecule has 6 heteroatoms. The second kappa shape index (κ2) is 4.02. The number of hydrogen-bond acceptors (Lipinski definition) is 3. The van der Waals surface area contributed by atoms with Crippen molar-refractivity contribution in [2.75, 3.05) is 0 Å².